The summed E-state index contributed by atoms with van der Waals surface area (Å²) in [5.41, 5.74) is 0.997. The second kappa shape index (κ2) is 6.83. The van der Waals surface area contributed by atoms with Gasteiger partial charge in [-0.1, -0.05) is 32.4 Å². The number of hydrogen-bond acceptors (Lipinski definition) is 3. The molecule has 0 spiro atoms. The molecule has 0 radical (unpaired) electrons. The van der Waals surface area contributed by atoms with Gasteiger partial charge in [-0.25, -0.2) is 4.98 Å². The molecule has 0 saturated heterocycles. The molecule has 3 rings (SSSR count). The van der Waals surface area contributed by atoms with Gasteiger partial charge in [0.05, 0.1) is 10.2 Å². The molecule has 0 N–H and O–H groups in total. The number of para-hydroxylation sites is 1. The largest absolute Gasteiger partial charge is 0.333 e. The standard InChI is InChI=1S/C19H24N2OS/c1-4-13(2)14(3)21(15-9-10-15)19(22)12-11-18-20-16-7-5-6-8-17(16)23-18/h5-8,11-15H,4,9-10H2,1-3H3/b12-11+. The van der Waals surface area contributed by atoms with E-state index in [4.69, 9.17) is 0 Å². The van der Waals surface area contributed by atoms with E-state index in [2.05, 4.69) is 36.7 Å². The van der Waals surface area contributed by atoms with Gasteiger partial charge in [-0.3, -0.25) is 4.79 Å². The van der Waals surface area contributed by atoms with Gasteiger partial charge >= 0.3 is 0 Å². The number of amides is 1. The lowest BCUT2D eigenvalue weighted by Gasteiger charge is -2.32. The molecular formula is C19H24N2OS. The first-order valence-corrected chi connectivity index (χ1v) is 9.27. The molecule has 3 nitrogen and oxygen atoms in total. The summed E-state index contributed by atoms with van der Waals surface area (Å²) < 4.78 is 1.16. The van der Waals surface area contributed by atoms with E-state index in [9.17, 15) is 4.79 Å². The van der Waals surface area contributed by atoms with E-state index in [1.54, 1.807) is 17.4 Å². The van der Waals surface area contributed by atoms with Crippen LogP contribution in [0.15, 0.2) is 30.3 Å². The van der Waals surface area contributed by atoms with Crippen LogP contribution in [0.25, 0.3) is 16.3 Å². The molecule has 2 aromatic rings. The smallest absolute Gasteiger partial charge is 0.247 e. The van der Waals surface area contributed by atoms with Crippen LogP contribution in [0.3, 0.4) is 0 Å². The molecule has 1 heterocycles. The molecule has 122 valence electrons. The molecule has 1 amide bonds. The van der Waals surface area contributed by atoms with E-state index in [0.717, 1.165) is 34.5 Å². The lowest BCUT2D eigenvalue weighted by Crippen LogP contribution is -2.42. The molecule has 1 fully saturated rings. The summed E-state index contributed by atoms with van der Waals surface area (Å²) in [4.78, 5) is 19.3. The van der Waals surface area contributed by atoms with Gasteiger partial charge in [0.2, 0.25) is 5.91 Å². The number of hydrogen-bond donors (Lipinski definition) is 0. The first kappa shape index (κ1) is 16.2. The zero-order valence-corrected chi connectivity index (χ0v) is 14.8. The van der Waals surface area contributed by atoms with Crippen LogP contribution < -0.4 is 0 Å². The van der Waals surface area contributed by atoms with Crippen LogP contribution >= 0.6 is 11.3 Å². The molecule has 1 saturated carbocycles. The molecule has 23 heavy (non-hydrogen) atoms. The minimum Gasteiger partial charge on any atom is -0.333 e. The fourth-order valence-electron chi connectivity index (χ4n) is 2.87. The Labute approximate surface area is 142 Å². The molecule has 1 aliphatic rings. The van der Waals surface area contributed by atoms with Gasteiger partial charge in [-0.05, 0) is 43.9 Å². The third-order valence-electron chi connectivity index (χ3n) is 4.78. The summed E-state index contributed by atoms with van der Waals surface area (Å²) in [7, 11) is 0. The second-order valence-electron chi connectivity index (χ2n) is 6.46. The van der Waals surface area contributed by atoms with E-state index in [0.29, 0.717) is 18.0 Å². The zero-order valence-electron chi connectivity index (χ0n) is 14.0. The highest BCUT2D eigenvalue weighted by Gasteiger charge is 2.36. The molecule has 2 unspecified atom stereocenters. The number of aromatic nitrogens is 1. The van der Waals surface area contributed by atoms with Crippen molar-refractivity contribution in [1.82, 2.24) is 9.88 Å². The highest BCUT2D eigenvalue weighted by molar-refractivity contribution is 7.19. The topological polar surface area (TPSA) is 33.2 Å². The van der Waals surface area contributed by atoms with Gasteiger partial charge in [0.25, 0.3) is 0 Å². The Morgan fingerprint density at radius 1 is 1.39 bits per heavy atom. The van der Waals surface area contributed by atoms with Crippen molar-refractivity contribution < 1.29 is 4.79 Å². The minimum atomic E-state index is 0.125. The van der Waals surface area contributed by atoms with Crippen LogP contribution in [0.2, 0.25) is 0 Å². The van der Waals surface area contributed by atoms with Crippen LogP contribution in [-0.4, -0.2) is 27.9 Å². The average Bonchev–Trinajstić information content (AvgIpc) is 3.29. The lowest BCUT2D eigenvalue weighted by atomic mass is 9.99. The number of fused-ring (bicyclic) bond motifs is 1. The first-order chi connectivity index (χ1) is 11.1. The van der Waals surface area contributed by atoms with Crippen molar-refractivity contribution in [2.24, 2.45) is 5.92 Å². The summed E-state index contributed by atoms with van der Waals surface area (Å²) >= 11 is 1.63. The van der Waals surface area contributed by atoms with Crippen molar-refractivity contribution in [3.8, 4) is 0 Å². The summed E-state index contributed by atoms with van der Waals surface area (Å²) in [6, 6.07) is 8.80. The molecule has 0 aliphatic heterocycles. The van der Waals surface area contributed by atoms with Gasteiger partial charge in [0.1, 0.15) is 5.01 Å². The SMILES string of the molecule is CCC(C)C(C)N(C(=O)/C=C/c1nc2ccccc2s1)C1CC1. The average molecular weight is 328 g/mol. The third-order valence-corrected chi connectivity index (χ3v) is 5.78. The molecule has 1 aromatic heterocycles. The Morgan fingerprint density at radius 3 is 2.78 bits per heavy atom. The molecule has 1 aromatic carbocycles. The van der Waals surface area contributed by atoms with Crippen LogP contribution in [0.5, 0.6) is 0 Å². The fourth-order valence-corrected chi connectivity index (χ4v) is 3.74. The molecular weight excluding hydrogens is 304 g/mol. The van der Waals surface area contributed by atoms with Gasteiger partial charge in [0, 0.05) is 18.2 Å². The Morgan fingerprint density at radius 2 is 2.13 bits per heavy atom. The lowest BCUT2D eigenvalue weighted by molar-refractivity contribution is -0.129. The normalized spacial score (nSPS) is 17.5. The molecule has 1 aliphatic carbocycles. The molecule has 4 heteroatoms. The summed E-state index contributed by atoms with van der Waals surface area (Å²) in [5, 5.41) is 0.895. The number of benzene rings is 1. The van der Waals surface area contributed by atoms with Crippen LogP contribution in [0.1, 0.15) is 45.0 Å². The first-order valence-electron chi connectivity index (χ1n) is 8.46. The number of carbonyl (C=O) groups excluding carboxylic acids is 1. The predicted octanol–water partition coefficient (Wildman–Crippen LogP) is 4.74. The van der Waals surface area contributed by atoms with Gasteiger partial charge < -0.3 is 4.90 Å². The minimum absolute atomic E-state index is 0.125. The summed E-state index contributed by atoms with van der Waals surface area (Å²) in [6.45, 7) is 6.59. The van der Waals surface area contributed by atoms with Gasteiger partial charge in [0.15, 0.2) is 0 Å². The van der Waals surface area contributed by atoms with E-state index in [1.807, 2.05) is 24.3 Å². The Bertz CT molecular complexity index is 684. The predicted molar refractivity (Wildman–Crippen MR) is 97.4 cm³/mol. The Hall–Kier alpha value is -1.68. The van der Waals surface area contributed by atoms with Crippen molar-refractivity contribution in [2.45, 2.75) is 52.1 Å². The molecule has 0 bridgehead atoms. The monoisotopic (exact) mass is 328 g/mol. The maximum absolute atomic E-state index is 12.7. The maximum atomic E-state index is 12.7. The second-order valence-corrected chi connectivity index (χ2v) is 7.52. The highest BCUT2D eigenvalue weighted by Crippen LogP contribution is 2.32. The van der Waals surface area contributed by atoms with Gasteiger partial charge in [-0.2, -0.15) is 0 Å². The van der Waals surface area contributed by atoms with E-state index < -0.39 is 0 Å². The van der Waals surface area contributed by atoms with E-state index in [-0.39, 0.29) is 5.91 Å². The van der Waals surface area contributed by atoms with E-state index in [1.165, 1.54) is 0 Å². The summed E-state index contributed by atoms with van der Waals surface area (Å²) in [5.74, 6) is 0.648. The van der Waals surface area contributed by atoms with Crippen molar-refractivity contribution in [1.29, 1.82) is 0 Å². The maximum Gasteiger partial charge on any atom is 0.247 e. The Kier molecular flexibility index (Phi) is 4.81. The Balaban J connectivity index is 1.75. The van der Waals surface area contributed by atoms with Crippen molar-refractivity contribution in [3.05, 3.63) is 35.3 Å². The number of nitrogens with zero attached hydrogens (tertiary/aromatic N) is 2. The third kappa shape index (κ3) is 3.63. The quantitative estimate of drug-likeness (QED) is 0.718. The summed E-state index contributed by atoms with van der Waals surface area (Å²) in [6.07, 6.45) is 6.95. The number of carbonyl (C=O) groups is 1. The highest BCUT2D eigenvalue weighted by atomic mass is 32.1. The van der Waals surface area contributed by atoms with E-state index >= 15 is 0 Å². The van der Waals surface area contributed by atoms with Crippen molar-refractivity contribution in [3.63, 3.8) is 0 Å². The fraction of sp³-hybridized carbons (Fsp3) is 0.474. The van der Waals surface area contributed by atoms with Crippen LogP contribution in [0, 0.1) is 5.92 Å². The van der Waals surface area contributed by atoms with Crippen LogP contribution in [0.4, 0.5) is 0 Å². The number of rotatable bonds is 6. The van der Waals surface area contributed by atoms with Gasteiger partial charge in [-0.15, -0.1) is 11.3 Å². The number of thiazole rings is 1. The van der Waals surface area contributed by atoms with Crippen molar-refractivity contribution >= 4 is 33.5 Å². The van der Waals surface area contributed by atoms with Crippen LogP contribution in [-0.2, 0) is 4.79 Å². The van der Waals surface area contributed by atoms with Crippen molar-refractivity contribution in [2.75, 3.05) is 0 Å². The molecule has 2 atom stereocenters. The zero-order chi connectivity index (χ0) is 16.4.